The number of aryl methyl sites for hydroxylation is 3. The van der Waals surface area contributed by atoms with Gasteiger partial charge in [0.1, 0.15) is 5.69 Å². The number of rotatable bonds is 1. The fourth-order valence-electron chi connectivity index (χ4n) is 2.55. The summed E-state index contributed by atoms with van der Waals surface area (Å²) < 4.78 is 1.78. The van der Waals surface area contributed by atoms with Crippen molar-refractivity contribution in [1.29, 1.82) is 0 Å². The molecule has 3 rings (SSSR count). The molecule has 5 heteroatoms. The number of imidazole rings is 1. The predicted octanol–water partition coefficient (Wildman–Crippen LogP) is 1.59. The van der Waals surface area contributed by atoms with Crippen LogP contribution in [0.5, 0.6) is 0 Å². The third-order valence-electron chi connectivity index (χ3n) is 3.55. The molecule has 0 radical (unpaired) electrons. The quantitative estimate of drug-likeness (QED) is 0.778. The van der Waals surface area contributed by atoms with E-state index in [1.165, 1.54) is 5.56 Å². The molecule has 0 fully saturated rings. The van der Waals surface area contributed by atoms with Crippen molar-refractivity contribution in [2.24, 2.45) is 7.05 Å². The van der Waals surface area contributed by atoms with Crippen LogP contribution in [0, 0.1) is 13.8 Å². The number of carbonyl (C=O) groups is 1. The van der Waals surface area contributed by atoms with E-state index in [2.05, 4.69) is 16.0 Å². The summed E-state index contributed by atoms with van der Waals surface area (Å²) in [6, 6.07) is 2.05. The molecule has 0 aromatic carbocycles. The number of hydrogen-bond acceptors (Lipinski definition) is 3. The van der Waals surface area contributed by atoms with Gasteiger partial charge >= 0.3 is 0 Å². The molecule has 2 aromatic heterocycles. The lowest BCUT2D eigenvalue weighted by molar-refractivity contribution is 0.0741. The third-order valence-corrected chi connectivity index (χ3v) is 3.55. The predicted molar refractivity (Wildman–Crippen MR) is 70.5 cm³/mol. The number of pyridine rings is 1. The molecule has 19 heavy (non-hydrogen) atoms. The van der Waals surface area contributed by atoms with Crippen LogP contribution in [0.1, 0.15) is 33.0 Å². The smallest absolute Gasteiger partial charge is 0.273 e. The molecule has 0 bridgehead atoms. The van der Waals surface area contributed by atoms with Gasteiger partial charge in [0.25, 0.3) is 5.91 Å². The van der Waals surface area contributed by atoms with E-state index in [0.29, 0.717) is 18.8 Å². The highest BCUT2D eigenvalue weighted by Crippen LogP contribution is 2.24. The average molecular weight is 256 g/mol. The van der Waals surface area contributed by atoms with Gasteiger partial charge in [-0.3, -0.25) is 9.78 Å². The van der Waals surface area contributed by atoms with Gasteiger partial charge in [0.15, 0.2) is 0 Å². The van der Waals surface area contributed by atoms with E-state index in [9.17, 15) is 4.79 Å². The van der Waals surface area contributed by atoms with Crippen LogP contribution in [-0.4, -0.2) is 25.3 Å². The molecular weight excluding hydrogens is 240 g/mol. The van der Waals surface area contributed by atoms with Crippen LogP contribution in [0.25, 0.3) is 0 Å². The van der Waals surface area contributed by atoms with Gasteiger partial charge in [0.05, 0.1) is 12.0 Å². The van der Waals surface area contributed by atoms with Crippen LogP contribution < -0.4 is 0 Å². The van der Waals surface area contributed by atoms with E-state index >= 15 is 0 Å². The number of nitrogens with zero attached hydrogens (tertiary/aromatic N) is 4. The summed E-state index contributed by atoms with van der Waals surface area (Å²) in [5, 5.41) is 0. The van der Waals surface area contributed by atoms with E-state index in [1.54, 1.807) is 10.9 Å². The van der Waals surface area contributed by atoms with Crippen molar-refractivity contribution in [2.45, 2.75) is 26.9 Å². The minimum Gasteiger partial charge on any atom is -0.330 e. The minimum atomic E-state index is 0.0337. The van der Waals surface area contributed by atoms with E-state index in [0.717, 1.165) is 17.0 Å². The fraction of sp³-hybridized carbons (Fsp3) is 0.357. The summed E-state index contributed by atoms with van der Waals surface area (Å²) in [4.78, 5) is 22.9. The van der Waals surface area contributed by atoms with Crippen LogP contribution in [0.3, 0.4) is 0 Å². The molecule has 98 valence electrons. The van der Waals surface area contributed by atoms with Crippen molar-refractivity contribution >= 4 is 5.91 Å². The van der Waals surface area contributed by atoms with Crippen molar-refractivity contribution in [3.05, 3.63) is 46.8 Å². The largest absolute Gasteiger partial charge is 0.330 e. The van der Waals surface area contributed by atoms with Crippen LogP contribution in [0.2, 0.25) is 0 Å². The highest BCUT2D eigenvalue weighted by molar-refractivity contribution is 5.94. The van der Waals surface area contributed by atoms with Crippen molar-refractivity contribution in [2.75, 3.05) is 0 Å². The number of aromatic nitrogens is 3. The van der Waals surface area contributed by atoms with Crippen LogP contribution in [-0.2, 0) is 20.1 Å². The average Bonchev–Trinajstić information content (AvgIpc) is 2.92. The first-order valence-electron chi connectivity index (χ1n) is 6.28. The first-order chi connectivity index (χ1) is 9.06. The Bertz CT molecular complexity index is 640. The maximum Gasteiger partial charge on any atom is 0.273 e. The normalized spacial score (nSPS) is 13.7. The number of hydrogen-bond donors (Lipinski definition) is 0. The first kappa shape index (κ1) is 11.9. The number of amides is 1. The minimum absolute atomic E-state index is 0.0337. The molecule has 1 amide bonds. The maximum absolute atomic E-state index is 12.5. The lowest BCUT2D eigenvalue weighted by Crippen LogP contribution is -2.27. The highest BCUT2D eigenvalue weighted by Gasteiger charge is 2.27. The number of fused-ring (bicyclic) bond motifs is 1. The molecule has 0 saturated carbocycles. The van der Waals surface area contributed by atoms with E-state index in [1.807, 2.05) is 32.0 Å². The molecule has 0 N–H and O–H groups in total. The number of carbonyl (C=O) groups excluding carboxylic acids is 1. The second-order valence-electron chi connectivity index (χ2n) is 5.05. The Kier molecular flexibility index (Phi) is 2.62. The first-order valence-corrected chi connectivity index (χ1v) is 6.28. The summed E-state index contributed by atoms with van der Waals surface area (Å²) in [6.45, 7) is 5.12. The lowest BCUT2D eigenvalue weighted by atomic mass is 10.2. The summed E-state index contributed by atoms with van der Waals surface area (Å²) in [6.07, 6.45) is 3.55. The van der Waals surface area contributed by atoms with Crippen molar-refractivity contribution in [3.63, 3.8) is 0 Å². The van der Waals surface area contributed by atoms with E-state index < -0.39 is 0 Å². The van der Waals surface area contributed by atoms with Gasteiger partial charge in [-0.2, -0.15) is 0 Å². The monoisotopic (exact) mass is 256 g/mol. The Morgan fingerprint density at radius 3 is 2.63 bits per heavy atom. The van der Waals surface area contributed by atoms with Crippen LogP contribution in [0.15, 0.2) is 18.6 Å². The van der Waals surface area contributed by atoms with Gasteiger partial charge in [0, 0.05) is 32.0 Å². The molecule has 0 aliphatic carbocycles. The van der Waals surface area contributed by atoms with Gasteiger partial charge in [-0.05, 0) is 31.0 Å². The van der Waals surface area contributed by atoms with Crippen molar-refractivity contribution in [3.8, 4) is 0 Å². The Hall–Kier alpha value is -2.17. The molecule has 5 nitrogen and oxygen atoms in total. The van der Waals surface area contributed by atoms with E-state index in [-0.39, 0.29) is 5.91 Å². The summed E-state index contributed by atoms with van der Waals surface area (Å²) in [7, 11) is 1.85. The lowest BCUT2D eigenvalue weighted by Gasteiger charge is -2.16. The Morgan fingerprint density at radius 2 is 1.95 bits per heavy atom. The van der Waals surface area contributed by atoms with Crippen LogP contribution >= 0.6 is 0 Å². The second-order valence-corrected chi connectivity index (χ2v) is 5.05. The highest BCUT2D eigenvalue weighted by atomic mass is 16.2. The topological polar surface area (TPSA) is 51.0 Å². The Labute approximate surface area is 111 Å². The zero-order valence-corrected chi connectivity index (χ0v) is 11.3. The molecule has 0 unspecified atom stereocenters. The zero-order chi connectivity index (χ0) is 13.6. The molecule has 3 heterocycles. The Morgan fingerprint density at radius 1 is 1.21 bits per heavy atom. The van der Waals surface area contributed by atoms with Gasteiger partial charge in [0.2, 0.25) is 0 Å². The second kappa shape index (κ2) is 4.19. The van der Waals surface area contributed by atoms with Crippen molar-refractivity contribution in [1.82, 2.24) is 19.4 Å². The fourth-order valence-corrected chi connectivity index (χ4v) is 2.55. The summed E-state index contributed by atoms with van der Waals surface area (Å²) in [5.74, 6) is 0.0337. The molecule has 0 saturated heterocycles. The Balaban J connectivity index is 1.89. The van der Waals surface area contributed by atoms with Gasteiger partial charge in [-0.25, -0.2) is 4.98 Å². The molecular formula is C14H16N4O. The SMILES string of the molecule is Cc1cc2c(cn1)CN(C(=O)c1c(C)ncn1C)C2. The van der Waals surface area contributed by atoms with Gasteiger partial charge in [-0.15, -0.1) is 0 Å². The molecule has 0 spiro atoms. The zero-order valence-electron chi connectivity index (χ0n) is 11.3. The van der Waals surface area contributed by atoms with Crippen LogP contribution in [0.4, 0.5) is 0 Å². The van der Waals surface area contributed by atoms with Gasteiger partial charge in [-0.1, -0.05) is 0 Å². The van der Waals surface area contributed by atoms with Gasteiger partial charge < -0.3 is 9.47 Å². The molecule has 1 aliphatic heterocycles. The van der Waals surface area contributed by atoms with E-state index in [4.69, 9.17) is 0 Å². The molecule has 2 aromatic rings. The maximum atomic E-state index is 12.5. The molecule has 0 atom stereocenters. The molecule has 1 aliphatic rings. The summed E-state index contributed by atoms with van der Waals surface area (Å²) >= 11 is 0. The third kappa shape index (κ3) is 1.91. The van der Waals surface area contributed by atoms with Crippen molar-refractivity contribution < 1.29 is 4.79 Å². The summed E-state index contributed by atoms with van der Waals surface area (Å²) in [5.41, 5.74) is 4.76. The standard InChI is InChI=1S/C14H16N4O/c1-9-4-11-6-18(7-12(11)5-15-9)14(19)13-10(2)16-8-17(13)3/h4-5,8H,6-7H2,1-3H3.